The zero-order valence-electron chi connectivity index (χ0n) is 13.4. The van der Waals surface area contributed by atoms with E-state index in [1.54, 1.807) is 11.2 Å². The predicted octanol–water partition coefficient (Wildman–Crippen LogP) is 2.44. The minimum atomic E-state index is -3.12. The predicted molar refractivity (Wildman–Crippen MR) is 86.4 cm³/mol. The van der Waals surface area contributed by atoms with Crippen LogP contribution in [-0.4, -0.2) is 25.0 Å². The van der Waals surface area contributed by atoms with E-state index in [1.165, 1.54) is 5.56 Å². The topological polar surface area (TPSA) is 63.4 Å². The summed E-state index contributed by atoms with van der Waals surface area (Å²) in [7, 11) is -3.12. The first-order valence-corrected chi connectivity index (χ1v) is 9.11. The first kappa shape index (κ1) is 16.5. The second-order valence-corrected chi connectivity index (χ2v) is 9.11. The Balaban J connectivity index is 2.31. The molecule has 21 heavy (non-hydrogen) atoms. The van der Waals surface area contributed by atoms with Crippen LogP contribution in [-0.2, 0) is 23.0 Å². The number of nitrogens with zero attached hydrogens (tertiary/aromatic N) is 1. The van der Waals surface area contributed by atoms with E-state index in [-0.39, 0.29) is 17.2 Å². The lowest BCUT2D eigenvalue weighted by Gasteiger charge is -2.31. The molecule has 0 saturated carbocycles. The van der Waals surface area contributed by atoms with E-state index in [0.717, 1.165) is 17.5 Å². The molecule has 1 aromatic carbocycles. The molecular weight excluding hydrogens is 284 g/mol. The first-order valence-electron chi connectivity index (χ1n) is 7.50. The molecule has 0 aliphatic carbocycles. The van der Waals surface area contributed by atoms with Crippen LogP contribution >= 0.6 is 0 Å². The molecule has 2 rings (SSSR count). The van der Waals surface area contributed by atoms with E-state index in [2.05, 4.69) is 39.0 Å². The molecule has 1 aliphatic heterocycles. The molecule has 4 nitrogen and oxygen atoms in total. The average molecular weight is 310 g/mol. The fourth-order valence-corrected chi connectivity index (χ4v) is 3.73. The third-order valence-electron chi connectivity index (χ3n) is 4.26. The normalized spacial score (nSPS) is 18.3. The highest BCUT2D eigenvalue weighted by atomic mass is 32.2. The summed E-state index contributed by atoms with van der Waals surface area (Å²) in [5.41, 5.74) is 9.72. The maximum absolute atomic E-state index is 12.0. The van der Waals surface area contributed by atoms with Gasteiger partial charge in [-0.1, -0.05) is 39.0 Å². The van der Waals surface area contributed by atoms with Crippen molar-refractivity contribution in [2.24, 2.45) is 11.1 Å². The molecule has 0 saturated heterocycles. The van der Waals surface area contributed by atoms with Gasteiger partial charge in [0, 0.05) is 19.1 Å². The number of benzene rings is 1. The number of rotatable bonds is 3. The van der Waals surface area contributed by atoms with Crippen molar-refractivity contribution in [2.75, 3.05) is 12.3 Å². The van der Waals surface area contributed by atoms with Gasteiger partial charge in [0.25, 0.3) is 0 Å². The van der Waals surface area contributed by atoms with Gasteiger partial charge in [-0.2, -0.15) is 4.31 Å². The van der Waals surface area contributed by atoms with E-state index in [4.69, 9.17) is 5.73 Å². The zero-order chi connectivity index (χ0) is 15.8. The van der Waals surface area contributed by atoms with Crippen LogP contribution in [0.4, 0.5) is 0 Å². The summed E-state index contributed by atoms with van der Waals surface area (Å²) in [6, 6.07) is 6.22. The monoisotopic (exact) mass is 310 g/mol. The van der Waals surface area contributed by atoms with Crippen LogP contribution in [0, 0.1) is 5.41 Å². The van der Waals surface area contributed by atoms with Crippen molar-refractivity contribution in [1.29, 1.82) is 0 Å². The van der Waals surface area contributed by atoms with Crippen molar-refractivity contribution in [3.63, 3.8) is 0 Å². The number of hydrogen-bond donors (Lipinski definition) is 1. The number of nitrogens with two attached hydrogens (primary N) is 1. The van der Waals surface area contributed by atoms with Gasteiger partial charge in [0.2, 0.25) is 10.0 Å². The van der Waals surface area contributed by atoms with Crippen molar-refractivity contribution < 1.29 is 8.42 Å². The molecule has 118 valence electrons. The lowest BCUT2D eigenvalue weighted by molar-refractivity contribution is 0.326. The molecule has 5 heteroatoms. The van der Waals surface area contributed by atoms with Crippen LogP contribution in [0.1, 0.15) is 50.4 Å². The minimum Gasteiger partial charge on any atom is -0.324 e. The molecule has 0 bridgehead atoms. The summed E-state index contributed by atoms with van der Waals surface area (Å²) < 4.78 is 25.7. The molecule has 2 N–H and O–H groups in total. The Labute approximate surface area is 128 Å². The maximum Gasteiger partial charge on any atom is 0.214 e. The molecule has 0 spiro atoms. The summed E-state index contributed by atoms with van der Waals surface area (Å²) in [5.74, 6) is 0.156. The summed E-state index contributed by atoms with van der Waals surface area (Å²) >= 11 is 0. The van der Waals surface area contributed by atoms with Gasteiger partial charge in [0.15, 0.2) is 0 Å². The molecule has 1 unspecified atom stereocenters. The Hall–Kier alpha value is -0.910. The maximum atomic E-state index is 12.0. The lowest BCUT2D eigenvalue weighted by Crippen LogP contribution is -2.37. The van der Waals surface area contributed by atoms with Gasteiger partial charge >= 0.3 is 0 Å². The van der Waals surface area contributed by atoms with Gasteiger partial charge in [-0.25, -0.2) is 8.42 Å². The van der Waals surface area contributed by atoms with Crippen LogP contribution in [0.15, 0.2) is 18.2 Å². The Morgan fingerprint density at radius 2 is 1.95 bits per heavy atom. The van der Waals surface area contributed by atoms with Gasteiger partial charge in [-0.15, -0.1) is 0 Å². The van der Waals surface area contributed by atoms with Gasteiger partial charge < -0.3 is 5.73 Å². The van der Waals surface area contributed by atoms with Crippen LogP contribution in [0.5, 0.6) is 0 Å². The molecule has 1 aromatic rings. The lowest BCUT2D eigenvalue weighted by atomic mass is 9.82. The number of hydrogen-bond acceptors (Lipinski definition) is 3. The summed E-state index contributed by atoms with van der Waals surface area (Å²) in [6.45, 7) is 9.09. The summed E-state index contributed by atoms with van der Waals surface area (Å²) in [5, 5.41) is 0. The quantitative estimate of drug-likeness (QED) is 0.932. The Kier molecular flexibility index (Phi) is 4.47. The van der Waals surface area contributed by atoms with Crippen molar-refractivity contribution in [2.45, 2.75) is 46.7 Å². The molecule has 0 fully saturated rings. The van der Waals surface area contributed by atoms with Crippen LogP contribution < -0.4 is 5.73 Å². The standard InChI is InChI=1S/C16H26N2O2S/c1-5-21(19,20)18-9-8-12-6-7-13(10-14(12)11-18)15(17)16(2,3)4/h6-7,10,15H,5,8-9,11,17H2,1-4H3. The molecule has 0 amide bonds. The van der Waals surface area contributed by atoms with Crippen LogP contribution in [0.2, 0.25) is 0 Å². The van der Waals surface area contributed by atoms with Crippen molar-refractivity contribution >= 4 is 10.0 Å². The largest absolute Gasteiger partial charge is 0.324 e. The summed E-state index contributed by atoms with van der Waals surface area (Å²) in [4.78, 5) is 0. The molecule has 1 heterocycles. The van der Waals surface area contributed by atoms with Gasteiger partial charge in [-0.05, 0) is 35.4 Å². The first-order chi connectivity index (χ1) is 9.65. The van der Waals surface area contributed by atoms with E-state index < -0.39 is 10.0 Å². The molecular formula is C16H26N2O2S. The van der Waals surface area contributed by atoms with E-state index in [0.29, 0.717) is 13.1 Å². The SMILES string of the molecule is CCS(=O)(=O)N1CCc2ccc(C(N)C(C)(C)C)cc2C1. The fraction of sp³-hybridized carbons (Fsp3) is 0.625. The third-order valence-corrected chi connectivity index (χ3v) is 6.09. The van der Waals surface area contributed by atoms with Crippen molar-refractivity contribution in [3.8, 4) is 0 Å². The molecule has 1 atom stereocenters. The van der Waals surface area contributed by atoms with E-state index in [1.807, 2.05) is 0 Å². The molecule has 1 aliphatic rings. The number of sulfonamides is 1. The van der Waals surface area contributed by atoms with Crippen molar-refractivity contribution in [1.82, 2.24) is 4.31 Å². The average Bonchev–Trinajstić information content (AvgIpc) is 2.44. The fourth-order valence-electron chi connectivity index (χ4n) is 2.66. The smallest absolute Gasteiger partial charge is 0.214 e. The van der Waals surface area contributed by atoms with E-state index >= 15 is 0 Å². The number of fused-ring (bicyclic) bond motifs is 1. The van der Waals surface area contributed by atoms with Gasteiger partial charge in [0.1, 0.15) is 0 Å². The van der Waals surface area contributed by atoms with Gasteiger partial charge in [-0.3, -0.25) is 0 Å². The molecule has 0 radical (unpaired) electrons. The second-order valence-electron chi connectivity index (χ2n) is 6.86. The third kappa shape index (κ3) is 3.47. The highest BCUT2D eigenvalue weighted by Gasteiger charge is 2.27. The Morgan fingerprint density at radius 3 is 2.52 bits per heavy atom. The summed E-state index contributed by atoms with van der Waals surface area (Å²) in [6.07, 6.45) is 0.777. The van der Waals surface area contributed by atoms with E-state index in [9.17, 15) is 8.42 Å². The second kappa shape index (κ2) is 5.71. The highest BCUT2D eigenvalue weighted by molar-refractivity contribution is 7.89. The highest BCUT2D eigenvalue weighted by Crippen LogP contribution is 2.32. The minimum absolute atomic E-state index is 0.0158. The van der Waals surface area contributed by atoms with Crippen LogP contribution in [0.3, 0.4) is 0 Å². The molecule has 0 aromatic heterocycles. The Morgan fingerprint density at radius 1 is 1.29 bits per heavy atom. The van der Waals surface area contributed by atoms with Gasteiger partial charge in [0.05, 0.1) is 5.75 Å². The van der Waals surface area contributed by atoms with Crippen molar-refractivity contribution in [3.05, 3.63) is 34.9 Å². The Bertz CT molecular complexity index is 618. The zero-order valence-corrected chi connectivity index (χ0v) is 14.2. The van der Waals surface area contributed by atoms with Crippen LogP contribution in [0.25, 0.3) is 0 Å².